The van der Waals surface area contributed by atoms with Crippen LogP contribution in [0.2, 0.25) is 0 Å². The Bertz CT molecular complexity index is 872. The van der Waals surface area contributed by atoms with Gasteiger partial charge in [-0.3, -0.25) is 4.79 Å². The third-order valence-corrected chi connectivity index (χ3v) is 4.75. The summed E-state index contributed by atoms with van der Waals surface area (Å²) in [6, 6.07) is 11.9. The van der Waals surface area contributed by atoms with Crippen LogP contribution in [0, 0.1) is 0 Å². The molecule has 1 amide bonds. The lowest BCUT2D eigenvalue weighted by Gasteiger charge is -2.17. The molecule has 0 unspecified atom stereocenters. The Hall–Kier alpha value is -2.14. The zero-order chi connectivity index (χ0) is 17.1. The van der Waals surface area contributed by atoms with Crippen LogP contribution in [0.3, 0.4) is 0 Å². The van der Waals surface area contributed by atoms with Crippen LogP contribution in [0.5, 0.6) is 0 Å². The molecular weight excluding hydrogens is 366 g/mol. The van der Waals surface area contributed by atoms with Gasteiger partial charge in [-0.05, 0) is 24.6 Å². The minimum absolute atomic E-state index is 0.0487. The summed E-state index contributed by atoms with van der Waals surface area (Å²) in [6.45, 7) is 2.86. The molecule has 0 N–H and O–H groups in total. The summed E-state index contributed by atoms with van der Waals surface area (Å²) in [5.41, 5.74) is 3.23. The Morgan fingerprint density at radius 3 is 2.79 bits per heavy atom. The smallest absolute Gasteiger partial charge is 0.273 e. The standard InChI is InChI=1S/C19H20BrN3O/c1-3-4-11-22(2)19(24)16-13-23-12-7-10-17(23)18(21-16)14-8-5-6-9-15(14)20/h5-10,12-13H,3-4,11H2,1-2H3. The van der Waals surface area contributed by atoms with E-state index in [1.54, 1.807) is 11.1 Å². The van der Waals surface area contributed by atoms with Gasteiger partial charge in [-0.15, -0.1) is 0 Å². The number of hydrogen-bond acceptors (Lipinski definition) is 2. The molecule has 0 aliphatic rings. The third-order valence-electron chi connectivity index (χ3n) is 4.06. The van der Waals surface area contributed by atoms with E-state index in [9.17, 15) is 4.79 Å². The molecular formula is C19H20BrN3O. The third kappa shape index (κ3) is 3.22. The molecule has 3 aromatic rings. The molecule has 0 radical (unpaired) electrons. The van der Waals surface area contributed by atoms with Gasteiger partial charge in [-0.1, -0.05) is 47.5 Å². The molecule has 1 aromatic carbocycles. The summed E-state index contributed by atoms with van der Waals surface area (Å²) in [7, 11) is 1.83. The van der Waals surface area contributed by atoms with Crippen molar-refractivity contribution < 1.29 is 4.79 Å². The van der Waals surface area contributed by atoms with Gasteiger partial charge in [0.05, 0.1) is 11.2 Å². The highest BCUT2D eigenvalue weighted by Crippen LogP contribution is 2.30. The average Bonchev–Trinajstić information content (AvgIpc) is 3.07. The number of amides is 1. The second kappa shape index (κ2) is 7.18. The van der Waals surface area contributed by atoms with Gasteiger partial charge in [0.1, 0.15) is 5.69 Å². The molecule has 0 atom stereocenters. The second-order valence-corrected chi connectivity index (χ2v) is 6.69. The Morgan fingerprint density at radius 2 is 2.04 bits per heavy atom. The molecule has 2 aromatic heterocycles. The Labute approximate surface area is 150 Å². The lowest BCUT2D eigenvalue weighted by molar-refractivity contribution is 0.0787. The predicted molar refractivity (Wildman–Crippen MR) is 100 cm³/mol. The monoisotopic (exact) mass is 385 g/mol. The van der Waals surface area contributed by atoms with Crippen LogP contribution in [0.25, 0.3) is 16.8 Å². The Kier molecular flexibility index (Phi) is 5.00. The maximum atomic E-state index is 12.7. The van der Waals surface area contributed by atoms with Gasteiger partial charge in [0.2, 0.25) is 0 Å². The van der Waals surface area contributed by atoms with Gasteiger partial charge >= 0.3 is 0 Å². The topological polar surface area (TPSA) is 37.6 Å². The van der Waals surface area contributed by atoms with E-state index in [1.165, 1.54) is 0 Å². The number of nitrogens with zero attached hydrogens (tertiary/aromatic N) is 3. The van der Waals surface area contributed by atoms with Crippen molar-refractivity contribution in [1.82, 2.24) is 14.3 Å². The normalized spacial score (nSPS) is 11.0. The Morgan fingerprint density at radius 1 is 1.25 bits per heavy atom. The van der Waals surface area contributed by atoms with Crippen molar-refractivity contribution in [3.05, 3.63) is 59.0 Å². The molecule has 0 fully saturated rings. The summed E-state index contributed by atoms with van der Waals surface area (Å²) >= 11 is 3.59. The molecule has 0 saturated heterocycles. The zero-order valence-corrected chi connectivity index (χ0v) is 15.5. The number of fused-ring (bicyclic) bond motifs is 1. The molecule has 24 heavy (non-hydrogen) atoms. The van der Waals surface area contributed by atoms with Crippen LogP contribution in [0.15, 0.2) is 53.3 Å². The number of halogens is 1. The maximum Gasteiger partial charge on any atom is 0.273 e. The van der Waals surface area contributed by atoms with Crippen LogP contribution in [0.1, 0.15) is 30.3 Å². The van der Waals surface area contributed by atoms with E-state index in [4.69, 9.17) is 4.98 Å². The quantitative estimate of drug-likeness (QED) is 0.641. The number of carbonyl (C=O) groups excluding carboxylic acids is 1. The summed E-state index contributed by atoms with van der Waals surface area (Å²) in [5, 5.41) is 0. The van der Waals surface area contributed by atoms with Gasteiger partial charge < -0.3 is 9.30 Å². The molecule has 3 rings (SSSR count). The zero-order valence-electron chi connectivity index (χ0n) is 13.9. The van der Waals surface area contributed by atoms with E-state index in [2.05, 4.69) is 22.9 Å². The molecule has 0 saturated carbocycles. The van der Waals surface area contributed by atoms with Crippen molar-refractivity contribution >= 4 is 27.4 Å². The van der Waals surface area contributed by atoms with Gasteiger partial charge in [0.25, 0.3) is 5.91 Å². The van der Waals surface area contributed by atoms with Crippen molar-refractivity contribution in [3.63, 3.8) is 0 Å². The summed E-state index contributed by atoms with van der Waals surface area (Å²) < 4.78 is 2.92. The van der Waals surface area contributed by atoms with Crippen molar-refractivity contribution in [1.29, 1.82) is 0 Å². The van der Waals surface area contributed by atoms with Crippen molar-refractivity contribution in [2.75, 3.05) is 13.6 Å². The number of rotatable bonds is 5. The highest BCUT2D eigenvalue weighted by Gasteiger charge is 2.17. The number of aromatic nitrogens is 2. The van der Waals surface area contributed by atoms with Crippen LogP contribution >= 0.6 is 15.9 Å². The lowest BCUT2D eigenvalue weighted by Crippen LogP contribution is -2.28. The van der Waals surface area contributed by atoms with E-state index >= 15 is 0 Å². The lowest BCUT2D eigenvalue weighted by atomic mass is 10.1. The fourth-order valence-electron chi connectivity index (χ4n) is 2.69. The maximum absolute atomic E-state index is 12.7. The molecule has 2 heterocycles. The molecule has 5 heteroatoms. The van der Waals surface area contributed by atoms with E-state index in [0.29, 0.717) is 5.69 Å². The van der Waals surface area contributed by atoms with Crippen LogP contribution in [-0.2, 0) is 0 Å². The van der Waals surface area contributed by atoms with Gasteiger partial charge in [-0.2, -0.15) is 0 Å². The highest BCUT2D eigenvalue weighted by molar-refractivity contribution is 9.10. The van der Waals surface area contributed by atoms with E-state index in [-0.39, 0.29) is 5.91 Å². The van der Waals surface area contributed by atoms with Gasteiger partial charge in [0.15, 0.2) is 0 Å². The molecule has 4 nitrogen and oxygen atoms in total. The molecule has 124 valence electrons. The van der Waals surface area contributed by atoms with E-state index < -0.39 is 0 Å². The number of unbranched alkanes of at least 4 members (excludes halogenated alkanes) is 1. The minimum Gasteiger partial charge on any atom is -0.340 e. The largest absolute Gasteiger partial charge is 0.340 e. The minimum atomic E-state index is -0.0487. The first-order chi connectivity index (χ1) is 11.6. The van der Waals surface area contributed by atoms with E-state index in [0.717, 1.165) is 40.6 Å². The highest BCUT2D eigenvalue weighted by atomic mass is 79.9. The van der Waals surface area contributed by atoms with Crippen LogP contribution < -0.4 is 0 Å². The Balaban J connectivity index is 2.08. The molecule has 0 aliphatic carbocycles. The summed E-state index contributed by atoms with van der Waals surface area (Å²) in [5.74, 6) is -0.0487. The second-order valence-electron chi connectivity index (χ2n) is 5.84. The van der Waals surface area contributed by atoms with Crippen molar-refractivity contribution in [3.8, 4) is 11.3 Å². The van der Waals surface area contributed by atoms with Crippen molar-refractivity contribution in [2.24, 2.45) is 0 Å². The van der Waals surface area contributed by atoms with E-state index in [1.807, 2.05) is 54.0 Å². The average molecular weight is 386 g/mol. The molecule has 0 bridgehead atoms. The number of benzene rings is 1. The van der Waals surface area contributed by atoms with Gasteiger partial charge in [-0.25, -0.2) is 4.98 Å². The number of hydrogen-bond donors (Lipinski definition) is 0. The van der Waals surface area contributed by atoms with Crippen molar-refractivity contribution in [2.45, 2.75) is 19.8 Å². The van der Waals surface area contributed by atoms with Crippen LogP contribution in [-0.4, -0.2) is 33.8 Å². The molecule has 0 aliphatic heterocycles. The first-order valence-corrected chi connectivity index (χ1v) is 8.89. The molecule has 0 spiro atoms. The fraction of sp³-hybridized carbons (Fsp3) is 0.263. The van der Waals surface area contributed by atoms with Gasteiger partial charge in [0, 0.05) is 36.0 Å². The summed E-state index contributed by atoms with van der Waals surface area (Å²) in [4.78, 5) is 19.2. The first kappa shape index (κ1) is 16.7. The predicted octanol–water partition coefficient (Wildman–Crippen LogP) is 4.64. The van der Waals surface area contributed by atoms with Crippen LogP contribution in [0.4, 0.5) is 0 Å². The first-order valence-electron chi connectivity index (χ1n) is 8.10. The fourth-order valence-corrected chi connectivity index (χ4v) is 3.16. The summed E-state index contributed by atoms with van der Waals surface area (Å²) in [6.07, 6.45) is 5.80. The number of carbonyl (C=O) groups is 1. The SMILES string of the molecule is CCCCN(C)C(=O)c1cn2cccc2c(-c2ccccc2Br)n1.